The molecule has 4 heteroatoms. The second-order valence-electron chi connectivity index (χ2n) is 0.101. The van der Waals surface area contributed by atoms with Crippen LogP contribution in [0.5, 0.6) is 0 Å². The van der Waals surface area contributed by atoms with Gasteiger partial charge in [-0.25, -0.2) is 0 Å². The van der Waals surface area contributed by atoms with Gasteiger partial charge in [0.2, 0.25) is 0 Å². The molecule has 0 atom stereocenters. The van der Waals surface area contributed by atoms with Gasteiger partial charge < -0.3 is 0 Å². The van der Waals surface area contributed by atoms with E-state index >= 15 is 0 Å². The maximum Gasteiger partial charge on any atom is 0 e. The molecular weight excluding hydrogens is 255 g/mol. The number of hydrogen-bond donors (Lipinski definition) is 0. The van der Waals surface area contributed by atoms with E-state index in [1.165, 1.54) is 0 Å². The van der Waals surface area contributed by atoms with Crippen LogP contribution in [-0.4, -0.2) is 23.9 Å². The minimum absolute atomic E-state index is 0. The predicted molar refractivity (Wildman–Crippen MR) is 17.5 cm³/mol. The maximum atomic E-state index is 4.95. The van der Waals surface area contributed by atoms with Crippen molar-refractivity contribution in [3.63, 3.8) is 0 Å². The average Bonchev–Trinajstić information content (AvgIpc) is 0.918. The summed E-state index contributed by atoms with van der Waals surface area (Å²) in [6.07, 6.45) is 0. The summed E-state index contributed by atoms with van der Waals surface area (Å²) in [5.74, 6) is 0. The molecule has 0 unspecified atom stereocenters. The molecule has 0 aliphatic carbocycles. The SMILES string of the molecule is [Cl][Zn][Cl].[Sn]. The van der Waals surface area contributed by atoms with Gasteiger partial charge in [-0.15, -0.1) is 0 Å². The molecule has 0 aromatic heterocycles. The molecule has 0 N–H and O–H groups in total. The van der Waals surface area contributed by atoms with Gasteiger partial charge in [-0.1, -0.05) is 0 Å². The van der Waals surface area contributed by atoms with Crippen molar-refractivity contribution in [3.8, 4) is 0 Å². The predicted octanol–water partition coefficient (Wildman–Crippen LogP) is 0.996. The van der Waals surface area contributed by atoms with E-state index in [9.17, 15) is 0 Å². The monoisotopic (exact) mass is 254 g/mol. The first-order chi connectivity index (χ1) is 1.41. The summed E-state index contributed by atoms with van der Waals surface area (Å²) in [5, 5.41) is 0. The standard InChI is InChI=1S/2ClH.Sn.Zn/h2*1H;;/q;;;+2/p-2. The Balaban J connectivity index is 0. The molecule has 0 aromatic rings. The van der Waals surface area contributed by atoms with Crippen molar-refractivity contribution in [1.82, 2.24) is 0 Å². The molecule has 0 fully saturated rings. The van der Waals surface area contributed by atoms with Gasteiger partial charge in [0.05, 0.1) is 0 Å². The van der Waals surface area contributed by atoms with Crippen molar-refractivity contribution in [3.05, 3.63) is 0 Å². The molecule has 20 valence electrons. The first-order valence-corrected chi connectivity index (χ1v) is 8.33. The Labute approximate surface area is 57.9 Å². The van der Waals surface area contributed by atoms with E-state index in [1.54, 1.807) is 0 Å². The van der Waals surface area contributed by atoms with Crippen molar-refractivity contribution in [2.75, 3.05) is 0 Å². The first kappa shape index (κ1) is 9.38. The Morgan fingerprint density at radius 3 is 1.25 bits per heavy atom. The molecule has 0 aliphatic heterocycles. The van der Waals surface area contributed by atoms with E-state index < -0.39 is 15.1 Å². The zero-order valence-electron chi connectivity index (χ0n) is 1.96. The summed E-state index contributed by atoms with van der Waals surface area (Å²) < 4.78 is 0. The molecule has 0 saturated heterocycles. The largest absolute Gasteiger partial charge is 0 e. The third-order valence-electron chi connectivity index (χ3n) is 0. The molecular formula is Cl2SnZn. The second-order valence-corrected chi connectivity index (χ2v) is 4.72. The van der Waals surface area contributed by atoms with Crippen LogP contribution in [0.2, 0.25) is 0 Å². The van der Waals surface area contributed by atoms with Crippen LogP contribution >= 0.6 is 19.4 Å². The molecule has 0 amide bonds. The van der Waals surface area contributed by atoms with Gasteiger partial charge in [0.25, 0.3) is 0 Å². The van der Waals surface area contributed by atoms with Crippen LogP contribution in [0.4, 0.5) is 0 Å². The molecule has 0 nitrogen and oxygen atoms in total. The Kier molecular flexibility index (Phi) is 20.8. The second kappa shape index (κ2) is 8.89. The molecule has 0 rings (SSSR count). The summed E-state index contributed by atoms with van der Waals surface area (Å²) in [4.78, 5) is 0. The van der Waals surface area contributed by atoms with Crippen molar-refractivity contribution < 1.29 is 15.1 Å². The van der Waals surface area contributed by atoms with Gasteiger partial charge in [-0.3, -0.25) is 0 Å². The van der Waals surface area contributed by atoms with Crippen molar-refractivity contribution in [1.29, 1.82) is 0 Å². The van der Waals surface area contributed by atoms with E-state index in [0.29, 0.717) is 0 Å². The van der Waals surface area contributed by atoms with Crippen LogP contribution in [0.25, 0.3) is 0 Å². The Bertz CT molecular complexity index is 6.00. The van der Waals surface area contributed by atoms with E-state index in [0.717, 1.165) is 0 Å². The topological polar surface area (TPSA) is 0 Å². The zero-order valence-corrected chi connectivity index (χ0v) is 9.30. The minimum atomic E-state index is -0.931. The maximum absolute atomic E-state index is 4.95. The Morgan fingerprint density at radius 2 is 1.25 bits per heavy atom. The van der Waals surface area contributed by atoms with Crippen LogP contribution in [0.3, 0.4) is 0 Å². The van der Waals surface area contributed by atoms with Crippen LogP contribution in [0.15, 0.2) is 0 Å². The van der Waals surface area contributed by atoms with Crippen molar-refractivity contribution >= 4 is 43.3 Å². The fourth-order valence-corrected chi connectivity index (χ4v) is 0. The molecule has 4 radical (unpaired) electrons. The van der Waals surface area contributed by atoms with Gasteiger partial charge >= 0.3 is 34.5 Å². The Hall–Kier alpha value is 2.00. The molecule has 0 aromatic carbocycles. The molecule has 0 spiro atoms. The molecule has 0 bridgehead atoms. The van der Waals surface area contributed by atoms with Gasteiger partial charge in [-0.05, 0) is 0 Å². The number of halogens is 2. The smallest absolute Gasteiger partial charge is 0 e. The number of rotatable bonds is 0. The van der Waals surface area contributed by atoms with Gasteiger partial charge in [0.1, 0.15) is 0 Å². The quantitative estimate of drug-likeness (QED) is 0.566. The van der Waals surface area contributed by atoms with E-state index in [2.05, 4.69) is 0 Å². The summed E-state index contributed by atoms with van der Waals surface area (Å²) in [7, 11) is 9.90. The average molecular weight is 255 g/mol. The Morgan fingerprint density at radius 1 is 1.25 bits per heavy atom. The van der Waals surface area contributed by atoms with E-state index in [4.69, 9.17) is 19.4 Å². The summed E-state index contributed by atoms with van der Waals surface area (Å²) in [5.41, 5.74) is 0. The van der Waals surface area contributed by atoms with Gasteiger partial charge in [0, 0.05) is 23.9 Å². The van der Waals surface area contributed by atoms with Crippen molar-refractivity contribution in [2.45, 2.75) is 0 Å². The van der Waals surface area contributed by atoms with Crippen LogP contribution in [0, 0.1) is 0 Å². The minimum Gasteiger partial charge on any atom is 0 e. The normalized spacial score (nSPS) is 2.50. The fourth-order valence-electron chi connectivity index (χ4n) is 0. The van der Waals surface area contributed by atoms with Crippen LogP contribution in [0.1, 0.15) is 0 Å². The van der Waals surface area contributed by atoms with E-state index in [1.807, 2.05) is 0 Å². The molecule has 0 saturated carbocycles. The van der Waals surface area contributed by atoms with Gasteiger partial charge in [-0.2, -0.15) is 0 Å². The summed E-state index contributed by atoms with van der Waals surface area (Å²) in [6.45, 7) is 0. The summed E-state index contributed by atoms with van der Waals surface area (Å²) >= 11 is -0.931. The molecule has 0 heterocycles. The van der Waals surface area contributed by atoms with E-state index in [-0.39, 0.29) is 23.9 Å². The van der Waals surface area contributed by atoms with Crippen LogP contribution in [-0.2, 0) is 15.1 Å². The molecule has 0 aliphatic rings. The molecule has 4 heavy (non-hydrogen) atoms. The van der Waals surface area contributed by atoms with Gasteiger partial charge in [0.15, 0.2) is 0 Å². The third kappa shape index (κ3) is 9.00. The number of hydrogen-bond acceptors (Lipinski definition) is 0. The zero-order chi connectivity index (χ0) is 2.71. The third-order valence-corrected chi connectivity index (χ3v) is 0. The first-order valence-electron chi connectivity index (χ1n) is 0.535. The summed E-state index contributed by atoms with van der Waals surface area (Å²) in [6, 6.07) is 0. The van der Waals surface area contributed by atoms with Crippen molar-refractivity contribution in [2.24, 2.45) is 0 Å². The fraction of sp³-hybridized carbons (Fsp3) is 0. The van der Waals surface area contributed by atoms with Crippen LogP contribution < -0.4 is 0 Å².